The average Bonchev–Trinajstić information content (AvgIpc) is 3.14. The molecule has 3 saturated heterocycles. The highest BCUT2D eigenvalue weighted by molar-refractivity contribution is 5.94. The maximum absolute atomic E-state index is 13.5. The first kappa shape index (κ1) is 18.5. The van der Waals surface area contributed by atoms with Gasteiger partial charge in [0.05, 0.1) is 12.6 Å². The first-order valence-corrected chi connectivity index (χ1v) is 8.67. The molecule has 0 spiro atoms. The SMILES string of the molecule is N#C[C@@H]1CC(F)(F)CN1C(=O)C1C[C@@H](CC(=O)N2CCNCC2)C(=O)N1. The van der Waals surface area contributed by atoms with E-state index in [1.54, 1.807) is 11.0 Å². The van der Waals surface area contributed by atoms with Crippen LogP contribution in [0.2, 0.25) is 0 Å². The van der Waals surface area contributed by atoms with Crippen LogP contribution in [0.25, 0.3) is 0 Å². The molecule has 3 heterocycles. The number of carbonyl (C=O) groups excluding carboxylic acids is 3. The van der Waals surface area contributed by atoms with E-state index in [0.29, 0.717) is 26.2 Å². The standard InChI is InChI=1S/C16H21F2N5O3/c17-16(18)7-11(8-19)23(9-16)15(26)12-5-10(14(25)21-12)6-13(24)22-3-1-20-2-4-22/h10-12,20H,1-7,9H2,(H,21,25)/t10-,11-,12?/m0/s1. The van der Waals surface area contributed by atoms with Crippen molar-refractivity contribution in [2.24, 2.45) is 5.92 Å². The van der Waals surface area contributed by atoms with Gasteiger partial charge < -0.3 is 20.4 Å². The van der Waals surface area contributed by atoms with Gasteiger partial charge in [-0.25, -0.2) is 8.78 Å². The summed E-state index contributed by atoms with van der Waals surface area (Å²) >= 11 is 0. The Hall–Kier alpha value is -2.28. The van der Waals surface area contributed by atoms with E-state index >= 15 is 0 Å². The fraction of sp³-hybridized carbons (Fsp3) is 0.750. The lowest BCUT2D eigenvalue weighted by Crippen LogP contribution is -2.47. The van der Waals surface area contributed by atoms with Crippen molar-refractivity contribution < 1.29 is 23.2 Å². The molecule has 8 nitrogen and oxygen atoms in total. The summed E-state index contributed by atoms with van der Waals surface area (Å²) in [6, 6.07) is -0.446. The van der Waals surface area contributed by atoms with Gasteiger partial charge in [-0.05, 0) is 6.42 Å². The number of hydrogen-bond donors (Lipinski definition) is 2. The van der Waals surface area contributed by atoms with Crippen LogP contribution in [0.4, 0.5) is 8.78 Å². The van der Waals surface area contributed by atoms with Crippen molar-refractivity contribution in [1.82, 2.24) is 20.4 Å². The van der Waals surface area contributed by atoms with Crippen LogP contribution in [0.15, 0.2) is 0 Å². The van der Waals surface area contributed by atoms with Crippen molar-refractivity contribution in [2.45, 2.75) is 37.3 Å². The molecule has 3 aliphatic heterocycles. The summed E-state index contributed by atoms with van der Waals surface area (Å²) in [4.78, 5) is 39.4. The molecule has 0 aromatic heterocycles. The number of amides is 3. The molecule has 3 amide bonds. The minimum absolute atomic E-state index is 0.00650. The van der Waals surface area contributed by atoms with Crippen LogP contribution in [0.3, 0.4) is 0 Å². The molecule has 3 rings (SSSR count). The molecular formula is C16H21F2N5O3. The van der Waals surface area contributed by atoms with Gasteiger partial charge in [0.15, 0.2) is 0 Å². The van der Waals surface area contributed by atoms with Crippen LogP contribution in [-0.4, -0.2) is 78.3 Å². The Bertz CT molecular complexity index is 644. The third kappa shape index (κ3) is 3.77. The molecule has 0 radical (unpaired) electrons. The van der Waals surface area contributed by atoms with E-state index in [2.05, 4.69) is 10.6 Å². The quantitative estimate of drug-likeness (QED) is 0.669. The van der Waals surface area contributed by atoms with Crippen molar-refractivity contribution in [1.29, 1.82) is 5.26 Å². The Morgan fingerprint density at radius 2 is 2.00 bits per heavy atom. The van der Waals surface area contributed by atoms with Gasteiger partial charge >= 0.3 is 0 Å². The Morgan fingerprint density at radius 1 is 1.31 bits per heavy atom. The van der Waals surface area contributed by atoms with E-state index < -0.39 is 48.7 Å². The van der Waals surface area contributed by atoms with Gasteiger partial charge in [0, 0.05) is 44.9 Å². The fourth-order valence-corrected chi connectivity index (χ4v) is 3.70. The second-order valence-corrected chi connectivity index (χ2v) is 7.00. The molecule has 0 aromatic rings. The molecule has 3 aliphatic rings. The normalized spacial score (nSPS) is 30.8. The van der Waals surface area contributed by atoms with Gasteiger partial charge in [-0.2, -0.15) is 5.26 Å². The summed E-state index contributed by atoms with van der Waals surface area (Å²) in [5, 5.41) is 14.6. The van der Waals surface area contributed by atoms with E-state index in [4.69, 9.17) is 5.26 Å². The van der Waals surface area contributed by atoms with Gasteiger partial charge in [0.1, 0.15) is 12.1 Å². The molecule has 0 aliphatic carbocycles. The molecule has 0 aromatic carbocycles. The van der Waals surface area contributed by atoms with Crippen molar-refractivity contribution in [3.8, 4) is 6.07 Å². The number of likely N-dealkylation sites (tertiary alicyclic amines) is 1. The summed E-state index contributed by atoms with van der Waals surface area (Å²) in [5.74, 6) is -5.01. The largest absolute Gasteiger partial charge is 0.344 e. The number of nitriles is 1. The number of hydrogen-bond acceptors (Lipinski definition) is 5. The lowest BCUT2D eigenvalue weighted by Gasteiger charge is -2.28. The van der Waals surface area contributed by atoms with E-state index in [9.17, 15) is 23.2 Å². The van der Waals surface area contributed by atoms with E-state index in [-0.39, 0.29) is 18.7 Å². The highest BCUT2D eigenvalue weighted by atomic mass is 19.3. The molecule has 142 valence electrons. The van der Waals surface area contributed by atoms with Crippen molar-refractivity contribution in [3.63, 3.8) is 0 Å². The van der Waals surface area contributed by atoms with Crippen molar-refractivity contribution in [3.05, 3.63) is 0 Å². The minimum atomic E-state index is -3.10. The van der Waals surface area contributed by atoms with E-state index in [1.807, 2.05) is 0 Å². The second-order valence-electron chi connectivity index (χ2n) is 7.00. The summed E-state index contributed by atoms with van der Waals surface area (Å²) in [6.07, 6.45) is -0.621. The van der Waals surface area contributed by atoms with Crippen LogP contribution in [0, 0.1) is 17.2 Å². The molecular weight excluding hydrogens is 348 g/mol. The summed E-state index contributed by atoms with van der Waals surface area (Å²) in [7, 11) is 0. The van der Waals surface area contributed by atoms with E-state index in [0.717, 1.165) is 4.90 Å². The maximum atomic E-state index is 13.5. The number of nitrogens with one attached hydrogen (secondary N) is 2. The van der Waals surface area contributed by atoms with Gasteiger partial charge in [-0.15, -0.1) is 0 Å². The molecule has 1 unspecified atom stereocenters. The molecule has 0 bridgehead atoms. The van der Waals surface area contributed by atoms with Gasteiger partial charge in [0.2, 0.25) is 17.7 Å². The highest BCUT2D eigenvalue weighted by Gasteiger charge is 2.50. The van der Waals surface area contributed by atoms with Crippen LogP contribution in [0.5, 0.6) is 0 Å². The second kappa shape index (κ2) is 7.15. The zero-order valence-electron chi connectivity index (χ0n) is 14.2. The van der Waals surface area contributed by atoms with Crippen LogP contribution in [-0.2, 0) is 14.4 Å². The maximum Gasteiger partial charge on any atom is 0.268 e. The smallest absolute Gasteiger partial charge is 0.268 e. The molecule has 2 N–H and O–H groups in total. The third-order valence-corrected chi connectivity index (χ3v) is 5.10. The molecule has 26 heavy (non-hydrogen) atoms. The molecule has 3 atom stereocenters. The predicted octanol–water partition coefficient (Wildman–Crippen LogP) is -0.927. The Kier molecular flexibility index (Phi) is 5.09. The molecule has 0 saturated carbocycles. The van der Waals surface area contributed by atoms with E-state index in [1.165, 1.54) is 0 Å². The highest BCUT2D eigenvalue weighted by Crippen LogP contribution is 2.33. The number of nitrogens with zero attached hydrogens (tertiary/aromatic N) is 3. The van der Waals surface area contributed by atoms with Crippen LogP contribution in [0.1, 0.15) is 19.3 Å². The molecule has 3 fully saturated rings. The number of alkyl halides is 2. The average molecular weight is 369 g/mol. The van der Waals surface area contributed by atoms with Crippen molar-refractivity contribution in [2.75, 3.05) is 32.7 Å². The Balaban J connectivity index is 1.59. The van der Waals surface area contributed by atoms with Gasteiger partial charge in [-0.3, -0.25) is 14.4 Å². The predicted molar refractivity (Wildman–Crippen MR) is 84.8 cm³/mol. The Morgan fingerprint density at radius 3 is 2.65 bits per heavy atom. The zero-order valence-corrected chi connectivity index (χ0v) is 14.2. The number of halogens is 2. The lowest BCUT2D eigenvalue weighted by atomic mass is 9.99. The molecule has 10 heteroatoms. The fourth-order valence-electron chi connectivity index (χ4n) is 3.70. The first-order chi connectivity index (χ1) is 12.3. The Labute approximate surface area is 149 Å². The lowest BCUT2D eigenvalue weighted by molar-refractivity contribution is -0.135. The van der Waals surface area contributed by atoms with Crippen molar-refractivity contribution >= 4 is 17.7 Å². The first-order valence-electron chi connectivity index (χ1n) is 8.67. The number of rotatable bonds is 3. The third-order valence-electron chi connectivity index (χ3n) is 5.10. The zero-order chi connectivity index (χ0) is 18.9. The minimum Gasteiger partial charge on any atom is -0.344 e. The summed E-state index contributed by atoms with van der Waals surface area (Å²) in [5.41, 5.74) is 0. The number of carbonyl (C=O) groups is 3. The van der Waals surface area contributed by atoms with Gasteiger partial charge in [0.25, 0.3) is 5.92 Å². The van der Waals surface area contributed by atoms with Gasteiger partial charge in [-0.1, -0.05) is 0 Å². The van der Waals surface area contributed by atoms with Crippen LogP contribution < -0.4 is 10.6 Å². The summed E-state index contributed by atoms with van der Waals surface area (Å²) in [6.45, 7) is 1.72. The topological polar surface area (TPSA) is 106 Å². The van der Waals surface area contributed by atoms with Crippen LogP contribution >= 0.6 is 0 Å². The number of piperazine rings is 1. The summed E-state index contributed by atoms with van der Waals surface area (Å²) < 4.78 is 27.0. The monoisotopic (exact) mass is 369 g/mol.